The molecule has 6 nitrogen and oxygen atoms in total. The lowest BCUT2D eigenvalue weighted by atomic mass is 10.1. The molecule has 1 aromatic heterocycles. The van der Waals surface area contributed by atoms with Gasteiger partial charge in [-0.1, -0.05) is 5.16 Å². The molecule has 0 atom stereocenters. The van der Waals surface area contributed by atoms with Crippen molar-refractivity contribution in [2.45, 2.75) is 0 Å². The molecule has 0 saturated heterocycles. The number of hydrogen-bond donors (Lipinski definition) is 1. The van der Waals surface area contributed by atoms with Gasteiger partial charge in [-0.3, -0.25) is 0 Å². The zero-order valence-electron chi connectivity index (χ0n) is 10.4. The first-order valence-electron chi connectivity index (χ1n) is 5.30. The third kappa shape index (κ3) is 2.15. The van der Waals surface area contributed by atoms with Crippen LogP contribution in [-0.4, -0.2) is 30.5 Å². The van der Waals surface area contributed by atoms with E-state index >= 15 is 0 Å². The Balaban J connectivity index is 2.63. The fraction of sp³-hybridized carbons (Fsp3) is 0.167. The normalized spacial score (nSPS) is 10.4. The summed E-state index contributed by atoms with van der Waals surface area (Å²) in [7, 11) is 2.29. The number of hydrogen-bond acceptors (Lipinski definition) is 5. The zero-order chi connectivity index (χ0) is 14.9. The van der Waals surface area contributed by atoms with Crippen LogP contribution in [0.3, 0.4) is 0 Å². The highest BCUT2D eigenvalue weighted by molar-refractivity contribution is 5.86. The molecule has 0 bridgehead atoms. The number of halogens is 2. The highest BCUT2D eigenvalue weighted by Gasteiger charge is 2.24. The lowest BCUT2D eigenvalue weighted by molar-refractivity contribution is 0.0686. The molecule has 1 N–H and O–H groups in total. The fourth-order valence-corrected chi connectivity index (χ4v) is 1.60. The Kier molecular flexibility index (Phi) is 3.55. The second-order valence-corrected chi connectivity index (χ2v) is 3.67. The van der Waals surface area contributed by atoms with Crippen LogP contribution in [0, 0.1) is 11.6 Å². The number of aromatic carboxylic acids is 1. The van der Waals surface area contributed by atoms with E-state index in [4.69, 9.17) is 14.4 Å². The van der Waals surface area contributed by atoms with Gasteiger partial charge in [0.25, 0.3) is 0 Å². The molecule has 8 heteroatoms. The lowest BCUT2D eigenvalue weighted by Gasteiger charge is -2.10. The molecule has 2 rings (SSSR count). The van der Waals surface area contributed by atoms with E-state index < -0.39 is 29.0 Å². The van der Waals surface area contributed by atoms with Crippen molar-refractivity contribution in [2.24, 2.45) is 0 Å². The quantitative estimate of drug-likeness (QED) is 0.928. The van der Waals surface area contributed by atoms with Gasteiger partial charge in [-0.25, -0.2) is 9.18 Å². The summed E-state index contributed by atoms with van der Waals surface area (Å²) >= 11 is 0. The first kappa shape index (κ1) is 13.8. The standard InChI is InChI=1S/C12H9F2NO5/c1-18-8-3-5(9(13)11(19-2)10(8)14)7-4-6(12(16)17)15-20-7/h3-4H,1-2H3,(H,16,17). The van der Waals surface area contributed by atoms with Crippen molar-refractivity contribution in [2.75, 3.05) is 14.2 Å². The van der Waals surface area contributed by atoms with Crippen LogP contribution in [0.15, 0.2) is 16.7 Å². The third-order valence-electron chi connectivity index (χ3n) is 2.55. The Morgan fingerprint density at radius 1 is 1.25 bits per heavy atom. The van der Waals surface area contributed by atoms with Crippen LogP contribution in [0.2, 0.25) is 0 Å². The van der Waals surface area contributed by atoms with Gasteiger partial charge in [0, 0.05) is 6.07 Å². The summed E-state index contributed by atoms with van der Waals surface area (Å²) in [5, 5.41) is 12.0. The molecule has 2 aromatic rings. The van der Waals surface area contributed by atoms with Crippen molar-refractivity contribution in [3.8, 4) is 22.8 Å². The molecule has 1 aromatic carbocycles. The molecule has 1 heterocycles. The zero-order valence-corrected chi connectivity index (χ0v) is 10.4. The van der Waals surface area contributed by atoms with Crippen molar-refractivity contribution >= 4 is 5.97 Å². The van der Waals surface area contributed by atoms with Gasteiger partial charge in [0.05, 0.1) is 19.8 Å². The highest BCUT2D eigenvalue weighted by atomic mass is 19.1. The molecule has 0 fully saturated rings. The Labute approximate surface area is 111 Å². The summed E-state index contributed by atoms with van der Waals surface area (Å²) in [6, 6.07) is 2.04. The maximum Gasteiger partial charge on any atom is 0.358 e. The van der Waals surface area contributed by atoms with Gasteiger partial charge in [0.2, 0.25) is 5.82 Å². The fourth-order valence-electron chi connectivity index (χ4n) is 1.60. The minimum absolute atomic E-state index is 0.184. The Morgan fingerprint density at radius 3 is 2.45 bits per heavy atom. The monoisotopic (exact) mass is 285 g/mol. The number of methoxy groups -OCH3 is 2. The van der Waals surface area contributed by atoms with Gasteiger partial charge >= 0.3 is 5.97 Å². The smallest absolute Gasteiger partial charge is 0.358 e. The van der Waals surface area contributed by atoms with Crippen LogP contribution in [0.4, 0.5) is 8.78 Å². The number of aromatic nitrogens is 1. The first-order valence-corrected chi connectivity index (χ1v) is 5.30. The van der Waals surface area contributed by atoms with Crippen molar-refractivity contribution in [1.82, 2.24) is 5.16 Å². The van der Waals surface area contributed by atoms with Gasteiger partial charge in [0.15, 0.2) is 28.8 Å². The van der Waals surface area contributed by atoms with Crippen LogP contribution in [0.5, 0.6) is 11.5 Å². The molecule has 0 spiro atoms. The number of benzene rings is 1. The van der Waals surface area contributed by atoms with Crippen molar-refractivity contribution in [3.05, 3.63) is 29.5 Å². The minimum Gasteiger partial charge on any atom is -0.494 e. The molecule has 106 valence electrons. The molecular weight excluding hydrogens is 276 g/mol. The molecule has 0 aliphatic rings. The van der Waals surface area contributed by atoms with Crippen molar-refractivity contribution < 1.29 is 32.7 Å². The summed E-state index contributed by atoms with van der Waals surface area (Å²) < 4.78 is 41.9. The van der Waals surface area contributed by atoms with Crippen LogP contribution in [0.1, 0.15) is 10.5 Å². The largest absolute Gasteiger partial charge is 0.494 e. The molecule has 0 aliphatic carbocycles. The van der Waals surface area contributed by atoms with Gasteiger partial charge in [-0.15, -0.1) is 0 Å². The number of nitrogens with zero attached hydrogens (tertiary/aromatic N) is 1. The Morgan fingerprint density at radius 2 is 1.95 bits per heavy atom. The molecule has 20 heavy (non-hydrogen) atoms. The molecule has 0 unspecified atom stereocenters. The number of carboxylic acids is 1. The van der Waals surface area contributed by atoms with Gasteiger partial charge < -0.3 is 19.1 Å². The number of rotatable bonds is 4. The van der Waals surface area contributed by atoms with E-state index in [0.29, 0.717) is 0 Å². The molecule has 0 amide bonds. The molecule has 0 aliphatic heterocycles. The molecular formula is C12H9F2NO5. The highest BCUT2D eigenvalue weighted by Crippen LogP contribution is 2.37. The minimum atomic E-state index is -1.33. The number of carbonyl (C=O) groups is 1. The summed E-state index contributed by atoms with van der Waals surface area (Å²) in [4.78, 5) is 10.7. The van der Waals surface area contributed by atoms with Crippen LogP contribution < -0.4 is 9.47 Å². The lowest BCUT2D eigenvalue weighted by Crippen LogP contribution is -1.99. The predicted molar refractivity (Wildman–Crippen MR) is 61.9 cm³/mol. The van der Waals surface area contributed by atoms with E-state index in [1.165, 1.54) is 7.11 Å². The maximum absolute atomic E-state index is 14.1. The number of carboxylic acid groups (broad SMARTS) is 1. The Hall–Kier alpha value is -2.64. The second kappa shape index (κ2) is 5.16. The van der Waals surface area contributed by atoms with Gasteiger partial charge in [-0.05, 0) is 6.07 Å². The van der Waals surface area contributed by atoms with E-state index in [1.807, 2.05) is 0 Å². The second-order valence-electron chi connectivity index (χ2n) is 3.67. The van der Waals surface area contributed by atoms with Crippen LogP contribution >= 0.6 is 0 Å². The van der Waals surface area contributed by atoms with E-state index in [0.717, 1.165) is 19.2 Å². The average molecular weight is 285 g/mol. The molecule has 0 saturated carbocycles. The summed E-state index contributed by atoms with van der Waals surface area (Å²) in [5.74, 6) is -4.50. The SMILES string of the molecule is COc1cc(-c2cc(C(=O)O)no2)c(F)c(OC)c1F. The summed E-state index contributed by atoms with van der Waals surface area (Å²) in [5.41, 5.74) is -0.623. The van der Waals surface area contributed by atoms with E-state index in [2.05, 4.69) is 9.89 Å². The summed E-state index contributed by atoms with van der Waals surface area (Å²) in [6.45, 7) is 0. The van der Waals surface area contributed by atoms with Gasteiger partial charge in [0.1, 0.15) is 0 Å². The van der Waals surface area contributed by atoms with E-state index in [-0.39, 0.29) is 17.1 Å². The first-order chi connectivity index (χ1) is 9.49. The number of ether oxygens (including phenoxy) is 2. The summed E-state index contributed by atoms with van der Waals surface area (Å²) in [6.07, 6.45) is 0. The Bertz CT molecular complexity index is 668. The third-order valence-corrected chi connectivity index (χ3v) is 2.55. The maximum atomic E-state index is 14.1. The van der Waals surface area contributed by atoms with Crippen molar-refractivity contribution in [1.29, 1.82) is 0 Å². The topological polar surface area (TPSA) is 81.8 Å². The van der Waals surface area contributed by atoms with E-state index in [9.17, 15) is 13.6 Å². The average Bonchev–Trinajstić information content (AvgIpc) is 2.89. The van der Waals surface area contributed by atoms with Crippen LogP contribution in [-0.2, 0) is 0 Å². The molecule has 0 radical (unpaired) electrons. The van der Waals surface area contributed by atoms with E-state index in [1.54, 1.807) is 0 Å². The predicted octanol–water partition coefficient (Wildman–Crippen LogP) is 2.34. The van der Waals surface area contributed by atoms with Crippen LogP contribution in [0.25, 0.3) is 11.3 Å². The van der Waals surface area contributed by atoms with Crippen molar-refractivity contribution in [3.63, 3.8) is 0 Å². The van der Waals surface area contributed by atoms with Gasteiger partial charge in [-0.2, -0.15) is 4.39 Å².